The fourth-order valence-electron chi connectivity index (χ4n) is 3.18. The number of rotatable bonds is 3. The fraction of sp³-hybridized carbons (Fsp3) is 0.929. The van der Waals surface area contributed by atoms with Gasteiger partial charge in [-0.05, 0) is 25.2 Å². The molecule has 0 radical (unpaired) electrons. The molecular weight excluding hydrogens is 230 g/mol. The molecule has 2 aliphatic rings. The summed E-state index contributed by atoms with van der Waals surface area (Å²) in [4.78, 5) is 12.2. The van der Waals surface area contributed by atoms with Crippen molar-refractivity contribution < 1.29 is 14.6 Å². The van der Waals surface area contributed by atoms with E-state index in [0.29, 0.717) is 19.6 Å². The van der Waals surface area contributed by atoms with Gasteiger partial charge in [-0.3, -0.25) is 4.79 Å². The number of hydrogen-bond acceptors (Lipinski definition) is 3. The number of carbonyl (C=O) groups is 1. The second kappa shape index (κ2) is 4.82. The van der Waals surface area contributed by atoms with Crippen LogP contribution in [0.3, 0.4) is 0 Å². The van der Waals surface area contributed by atoms with Crippen molar-refractivity contribution in [2.75, 3.05) is 13.2 Å². The van der Waals surface area contributed by atoms with Gasteiger partial charge in [0, 0.05) is 25.5 Å². The van der Waals surface area contributed by atoms with E-state index in [0.717, 1.165) is 19.3 Å². The second-order valence-corrected chi connectivity index (χ2v) is 6.52. The van der Waals surface area contributed by atoms with E-state index in [1.807, 2.05) is 6.92 Å². The Morgan fingerprint density at radius 2 is 2.17 bits per heavy atom. The lowest BCUT2D eigenvalue weighted by Gasteiger charge is -2.30. The number of aliphatic hydroxyl groups is 1. The first kappa shape index (κ1) is 13.8. The van der Waals surface area contributed by atoms with Gasteiger partial charge >= 0.3 is 0 Å². The summed E-state index contributed by atoms with van der Waals surface area (Å²) in [7, 11) is 0. The molecular formula is C14H25NO3. The van der Waals surface area contributed by atoms with Gasteiger partial charge in [-0.15, -0.1) is 0 Å². The predicted molar refractivity (Wildman–Crippen MR) is 69.1 cm³/mol. The standard InChI is InChI=1S/C14H25NO3/c1-10-14(17,7-8-18-10)9-15-12(16)11-5-4-6-13(11,2)3/h10-11,17H,4-9H2,1-3H3,(H,15,16). The first-order chi connectivity index (χ1) is 8.35. The van der Waals surface area contributed by atoms with E-state index in [9.17, 15) is 9.90 Å². The number of ether oxygens (including phenoxy) is 1. The lowest BCUT2D eigenvalue weighted by Crippen LogP contribution is -2.49. The summed E-state index contributed by atoms with van der Waals surface area (Å²) in [6.45, 7) is 7.04. The molecule has 2 rings (SSSR count). The molecule has 2 fully saturated rings. The minimum absolute atomic E-state index is 0.0822. The number of hydrogen-bond donors (Lipinski definition) is 2. The maximum atomic E-state index is 12.2. The number of nitrogens with one attached hydrogen (secondary N) is 1. The van der Waals surface area contributed by atoms with E-state index >= 15 is 0 Å². The van der Waals surface area contributed by atoms with Gasteiger partial charge in [-0.2, -0.15) is 0 Å². The van der Waals surface area contributed by atoms with Crippen molar-refractivity contribution in [2.45, 2.75) is 58.2 Å². The SMILES string of the molecule is CC1OCCC1(O)CNC(=O)C1CCCC1(C)C. The molecule has 4 nitrogen and oxygen atoms in total. The molecule has 104 valence electrons. The van der Waals surface area contributed by atoms with Crippen molar-refractivity contribution in [3.63, 3.8) is 0 Å². The first-order valence-electron chi connectivity index (χ1n) is 6.97. The predicted octanol–water partition coefficient (Wildman–Crippen LogP) is 1.47. The topological polar surface area (TPSA) is 58.6 Å². The van der Waals surface area contributed by atoms with Crippen LogP contribution in [0.15, 0.2) is 0 Å². The molecule has 1 heterocycles. The highest BCUT2D eigenvalue weighted by Crippen LogP contribution is 2.42. The van der Waals surface area contributed by atoms with Crippen LogP contribution in [-0.4, -0.2) is 35.9 Å². The van der Waals surface area contributed by atoms with E-state index < -0.39 is 5.60 Å². The van der Waals surface area contributed by atoms with E-state index in [4.69, 9.17) is 4.74 Å². The molecule has 4 heteroatoms. The molecule has 0 aromatic carbocycles. The van der Waals surface area contributed by atoms with Gasteiger partial charge in [-0.25, -0.2) is 0 Å². The Kier molecular flexibility index (Phi) is 3.70. The van der Waals surface area contributed by atoms with Crippen molar-refractivity contribution in [3.8, 4) is 0 Å². The summed E-state index contributed by atoms with van der Waals surface area (Å²) in [5.74, 6) is 0.170. The van der Waals surface area contributed by atoms with Crippen LogP contribution in [-0.2, 0) is 9.53 Å². The van der Waals surface area contributed by atoms with Crippen LogP contribution < -0.4 is 5.32 Å². The highest BCUT2D eigenvalue weighted by atomic mass is 16.5. The van der Waals surface area contributed by atoms with Crippen molar-refractivity contribution in [3.05, 3.63) is 0 Å². The third kappa shape index (κ3) is 2.54. The Balaban J connectivity index is 1.89. The average Bonchev–Trinajstić information content (AvgIpc) is 2.80. The molecule has 1 aliphatic heterocycles. The molecule has 1 amide bonds. The summed E-state index contributed by atoms with van der Waals surface area (Å²) in [6.07, 6.45) is 3.59. The maximum absolute atomic E-state index is 12.2. The third-order valence-electron chi connectivity index (χ3n) is 4.80. The zero-order chi connectivity index (χ0) is 13.4. The lowest BCUT2D eigenvalue weighted by atomic mass is 9.81. The van der Waals surface area contributed by atoms with E-state index in [1.54, 1.807) is 0 Å². The molecule has 0 spiro atoms. The van der Waals surface area contributed by atoms with Crippen molar-refractivity contribution in [2.24, 2.45) is 11.3 Å². The first-order valence-corrected chi connectivity index (χ1v) is 6.97. The summed E-state index contributed by atoms with van der Waals surface area (Å²) >= 11 is 0. The molecule has 18 heavy (non-hydrogen) atoms. The Morgan fingerprint density at radius 1 is 1.44 bits per heavy atom. The monoisotopic (exact) mass is 255 g/mol. The molecule has 0 bridgehead atoms. The summed E-state index contributed by atoms with van der Waals surface area (Å²) in [5, 5.41) is 13.3. The van der Waals surface area contributed by atoms with Gasteiger partial charge < -0.3 is 15.2 Å². The Labute approximate surface area is 109 Å². The highest BCUT2D eigenvalue weighted by molar-refractivity contribution is 5.79. The Hall–Kier alpha value is -0.610. The normalized spacial score (nSPS) is 38.9. The van der Waals surface area contributed by atoms with Crippen LogP contribution in [0.1, 0.15) is 46.5 Å². The van der Waals surface area contributed by atoms with Crippen LogP contribution in [0.2, 0.25) is 0 Å². The highest BCUT2D eigenvalue weighted by Gasteiger charge is 2.42. The molecule has 2 N–H and O–H groups in total. The molecule has 3 unspecified atom stereocenters. The summed E-state index contributed by atoms with van der Waals surface area (Å²) in [6, 6.07) is 0. The molecule has 1 aliphatic carbocycles. The van der Waals surface area contributed by atoms with E-state index in [1.165, 1.54) is 0 Å². The third-order valence-corrected chi connectivity index (χ3v) is 4.80. The van der Waals surface area contributed by atoms with Gasteiger partial charge in [-0.1, -0.05) is 20.3 Å². The molecule has 0 aromatic heterocycles. The Bertz CT molecular complexity index is 329. The van der Waals surface area contributed by atoms with E-state index in [-0.39, 0.29) is 23.3 Å². The quantitative estimate of drug-likeness (QED) is 0.803. The largest absolute Gasteiger partial charge is 0.385 e. The minimum atomic E-state index is -0.890. The smallest absolute Gasteiger partial charge is 0.223 e. The van der Waals surface area contributed by atoms with Gasteiger partial charge in [0.25, 0.3) is 0 Å². The van der Waals surface area contributed by atoms with Gasteiger partial charge in [0.1, 0.15) is 5.60 Å². The van der Waals surface area contributed by atoms with Crippen molar-refractivity contribution in [1.29, 1.82) is 0 Å². The van der Waals surface area contributed by atoms with Crippen molar-refractivity contribution >= 4 is 5.91 Å². The Morgan fingerprint density at radius 3 is 2.67 bits per heavy atom. The van der Waals surface area contributed by atoms with E-state index in [2.05, 4.69) is 19.2 Å². The average molecular weight is 255 g/mol. The molecule has 0 aromatic rings. The minimum Gasteiger partial charge on any atom is -0.385 e. The van der Waals surface area contributed by atoms with Gasteiger partial charge in [0.2, 0.25) is 5.91 Å². The van der Waals surface area contributed by atoms with Gasteiger partial charge in [0.05, 0.1) is 6.10 Å². The fourth-order valence-corrected chi connectivity index (χ4v) is 3.18. The van der Waals surface area contributed by atoms with Crippen LogP contribution in [0.4, 0.5) is 0 Å². The van der Waals surface area contributed by atoms with Crippen LogP contribution in [0, 0.1) is 11.3 Å². The van der Waals surface area contributed by atoms with Crippen LogP contribution in [0.5, 0.6) is 0 Å². The number of carbonyl (C=O) groups excluding carboxylic acids is 1. The molecule has 1 saturated heterocycles. The summed E-state index contributed by atoms with van der Waals surface area (Å²) < 4.78 is 5.37. The summed E-state index contributed by atoms with van der Waals surface area (Å²) in [5.41, 5.74) is -0.803. The van der Waals surface area contributed by atoms with Gasteiger partial charge in [0.15, 0.2) is 0 Å². The van der Waals surface area contributed by atoms with Crippen LogP contribution in [0.25, 0.3) is 0 Å². The number of amides is 1. The zero-order valence-electron chi connectivity index (χ0n) is 11.7. The van der Waals surface area contributed by atoms with Crippen molar-refractivity contribution in [1.82, 2.24) is 5.32 Å². The molecule has 1 saturated carbocycles. The molecule has 3 atom stereocenters. The second-order valence-electron chi connectivity index (χ2n) is 6.52. The lowest BCUT2D eigenvalue weighted by molar-refractivity contribution is -0.129. The maximum Gasteiger partial charge on any atom is 0.223 e. The van der Waals surface area contributed by atoms with Crippen LogP contribution >= 0.6 is 0 Å². The zero-order valence-corrected chi connectivity index (χ0v) is 11.7.